The second-order valence-corrected chi connectivity index (χ2v) is 8.50. The van der Waals surface area contributed by atoms with Gasteiger partial charge in [0.05, 0.1) is 19.1 Å². The Hall–Kier alpha value is -2.65. The van der Waals surface area contributed by atoms with Crippen molar-refractivity contribution in [2.24, 2.45) is 0 Å². The fourth-order valence-corrected chi connectivity index (χ4v) is 3.91. The SMILES string of the molecule is COc1cc(C)c(NC(=O)CCCN(C)S(=O)(=O)c2ccc(F)cc2)cc1OC. The first kappa shape index (κ1) is 22.6. The van der Waals surface area contributed by atoms with Crippen LogP contribution in [0.15, 0.2) is 41.3 Å². The van der Waals surface area contributed by atoms with E-state index in [9.17, 15) is 17.6 Å². The van der Waals surface area contributed by atoms with Crippen molar-refractivity contribution >= 4 is 21.6 Å². The molecule has 0 bridgehead atoms. The summed E-state index contributed by atoms with van der Waals surface area (Å²) < 4.78 is 49.5. The molecule has 7 nitrogen and oxygen atoms in total. The Balaban J connectivity index is 1.93. The number of aryl methyl sites for hydroxylation is 1. The van der Waals surface area contributed by atoms with Crippen LogP contribution in [-0.2, 0) is 14.8 Å². The molecule has 0 radical (unpaired) electrons. The van der Waals surface area contributed by atoms with E-state index in [4.69, 9.17) is 9.47 Å². The second-order valence-electron chi connectivity index (χ2n) is 6.45. The molecule has 0 spiro atoms. The van der Waals surface area contributed by atoms with Gasteiger partial charge in [-0.25, -0.2) is 17.1 Å². The number of methoxy groups -OCH3 is 2. The molecular formula is C20H25FN2O5S. The van der Waals surface area contributed by atoms with Gasteiger partial charge < -0.3 is 14.8 Å². The molecule has 9 heteroatoms. The number of halogens is 1. The van der Waals surface area contributed by atoms with Gasteiger partial charge in [-0.1, -0.05) is 0 Å². The lowest BCUT2D eigenvalue weighted by molar-refractivity contribution is -0.116. The molecule has 0 unspecified atom stereocenters. The molecule has 1 amide bonds. The van der Waals surface area contributed by atoms with Crippen LogP contribution in [0.5, 0.6) is 11.5 Å². The predicted octanol–water partition coefficient (Wildman–Crippen LogP) is 3.19. The normalized spacial score (nSPS) is 11.4. The molecule has 0 aromatic heterocycles. The zero-order valence-electron chi connectivity index (χ0n) is 16.9. The van der Waals surface area contributed by atoms with Gasteiger partial charge in [0.1, 0.15) is 5.82 Å². The maximum Gasteiger partial charge on any atom is 0.242 e. The highest BCUT2D eigenvalue weighted by molar-refractivity contribution is 7.89. The summed E-state index contributed by atoms with van der Waals surface area (Å²) in [5.41, 5.74) is 1.41. The van der Waals surface area contributed by atoms with Gasteiger partial charge in [0, 0.05) is 31.8 Å². The number of ether oxygens (including phenoxy) is 2. The Morgan fingerprint density at radius 3 is 2.28 bits per heavy atom. The summed E-state index contributed by atoms with van der Waals surface area (Å²) in [4.78, 5) is 12.3. The average molecular weight is 424 g/mol. The Morgan fingerprint density at radius 1 is 1.10 bits per heavy atom. The van der Waals surface area contributed by atoms with Crippen LogP contribution in [0.2, 0.25) is 0 Å². The third-order valence-electron chi connectivity index (χ3n) is 4.40. The fourth-order valence-electron chi connectivity index (χ4n) is 2.70. The highest BCUT2D eigenvalue weighted by Crippen LogP contribution is 2.33. The number of benzene rings is 2. The monoisotopic (exact) mass is 424 g/mol. The van der Waals surface area contributed by atoms with E-state index < -0.39 is 15.8 Å². The predicted molar refractivity (Wildman–Crippen MR) is 108 cm³/mol. The third kappa shape index (κ3) is 5.68. The Labute approximate surface area is 170 Å². The van der Waals surface area contributed by atoms with Crippen LogP contribution >= 0.6 is 0 Å². The number of nitrogens with zero attached hydrogens (tertiary/aromatic N) is 1. The van der Waals surface area contributed by atoms with Crippen molar-refractivity contribution in [1.29, 1.82) is 0 Å². The van der Waals surface area contributed by atoms with Crippen LogP contribution in [0.4, 0.5) is 10.1 Å². The molecule has 29 heavy (non-hydrogen) atoms. The molecule has 1 N–H and O–H groups in total. The van der Waals surface area contributed by atoms with Gasteiger partial charge in [-0.2, -0.15) is 0 Å². The molecule has 2 rings (SSSR count). The van der Waals surface area contributed by atoms with E-state index in [0.717, 1.165) is 22.0 Å². The first-order valence-corrected chi connectivity index (χ1v) is 10.4. The zero-order valence-corrected chi connectivity index (χ0v) is 17.7. The van der Waals surface area contributed by atoms with Gasteiger partial charge in [-0.15, -0.1) is 0 Å². The van der Waals surface area contributed by atoms with E-state index in [0.29, 0.717) is 23.6 Å². The molecular weight excluding hydrogens is 399 g/mol. The summed E-state index contributed by atoms with van der Waals surface area (Å²) in [7, 11) is 0.738. The first-order valence-electron chi connectivity index (χ1n) is 8.93. The Kier molecular flexibility index (Phi) is 7.58. The van der Waals surface area contributed by atoms with Crippen LogP contribution in [0.1, 0.15) is 18.4 Å². The Morgan fingerprint density at radius 2 is 1.69 bits per heavy atom. The van der Waals surface area contributed by atoms with Gasteiger partial charge in [0.15, 0.2) is 11.5 Å². The zero-order chi connectivity index (χ0) is 21.6. The lowest BCUT2D eigenvalue weighted by atomic mass is 10.1. The van der Waals surface area contributed by atoms with Crippen molar-refractivity contribution in [1.82, 2.24) is 4.31 Å². The van der Waals surface area contributed by atoms with Gasteiger partial charge in [0.25, 0.3) is 0 Å². The molecule has 0 heterocycles. The van der Waals surface area contributed by atoms with Gasteiger partial charge >= 0.3 is 0 Å². The summed E-state index contributed by atoms with van der Waals surface area (Å²) in [5.74, 6) is 0.316. The average Bonchev–Trinajstić information content (AvgIpc) is 2.69. The summed E-state index contributed by atoms with van der Waals surface area (Å²) >= 11 is 0. The van der Waals surface area contributed by atoms with Crippen LogP contribution in [-0.4, -0.2) is 46.4 Å². The quantitative estimate of drug-likeness (QED) is 0.668. The number of carbonyl (C=O) groups excluding carboxylic acids is 1. The maximum absolute atomic E-state index is 13.0. The molecule has 0 atom stereocenters. The molecule has 0 saturated carbocycles. The number of amides is 1. The molecule has 158 valence electrons. The summed E-state index contributed by atoms with van der Waals surface area (Å²) in [6.45, 7) is 1.98. The van der Waals surface area contributed by atoms with Crippen LogP contribution < -0.4 is 14.8 Å². The minimum Gasteiger partial charge on any atom is -0.493 e. The number of anilines is 1. The van der Waals surface area contributed by atoms with Crippen molar-refractivity contribution in [3.8, 4) is 11.5 Å². The lowest BCUT2D eigenvalue weighted by Gasteiger charge is -2.17. The van der Waals surface area contributed by atoms with E-state index in [2.05, 4.69) is 5.32 Å². The fraction of sp³-hybridized carbons (Fsp3) is 0.350. The van der Waals surface area contributed by atoms with E-state index in [1.54, 1.807) is 12.1 Å². The molecule has 0 aliphatic rings. The molecule has 2 aromatic carbocycles. The smallest absolute Gasteiger partial charge is 0.242 e. The van der Waals surface area contributed by atoms with Crippen molar-refractivity contribution in [3.63, 3.8) is 0 Å². The molecule has 0 saturated heterocycles. The number of hydrogen-bond acceptors (Lipinski definition) is 5. The third-order valence-corrected chi connectivity index (χ3v) is 6.27. The van der Waals surface area contributed by atoms with Gasteiger partial charge in [-0.05, 0) is 49.2 Å². The van der Waals surface area contributed by atoms with E-state index in [1.807, 2.05) is 6.92 Å². The molecule has 2 aromatic rings. The summed E-state index contributed by atoms with van der Waals surface area (Å²) in [6.07, 6.45) is 0.464. The van der Waals surface area contributed by atoms with E-state index >= 15 is 0 Å². The van der Waals surface area contributed by atoms with Crippen molar-refractivity contribution in [3.05, 3.63) is 47.8 Å². The highest BCUT2D eigenvalue weighted by Gasteiger charge is 2.20. The van der Waals surface area contributed by atoms with E-state index in [1.165, 1.54) is 33.4 Å². The molecule has 0 fully saturated rings. The van der Waals surface area contributed by atoms with Crippen molar-refractivity contribution in [2.75, 3.05) is 33.1 Å². The number of rotatable bonds is 9. The van der Waals surface area contributed by atoms with Crippen molar-refractivity contribution in [2.45, 2.75) is 24.7 Å². The standard InChI is InChI=1S/C20H25FN2O5S/c1-14-12-18(27-3)19(28-4)13-17(14)22-20(24)6-5-11-23(2)29(25,26)16-9-7-15(21)8-10-16/h7-10,12-13H,5-6,11H2,1-4H3,(H,22,24). The minimum absolute atomic E-state index is 0.00630. The topological polar surface area (TPSA) is 84.9 Å². The van der Waals surface area contributed by atoms with E-state index in [-0.39, 0.29) is 23.8 Å². The van der Waals surface area contributed by atoms with Gasteiger partial charge in [-0.3, -0.25) is 4.79 Å². The Bertz CT molecular complexity index is 962. The summed E-state index contributed by atoms with van der Waals surface area (Å²) in [6, 6.07) is 8.06. The number of hydrogen-bond donors (Lipinski definition) is 1. The molecule has 0 aliphatic heterocycles. The largest absolute Gasteiger partial charge is 0.493 e. The van der Waals surface area contributed by atoms with Crippen LogP contribution in [0, 0.1) is 12.7 Å². The lowest BCUT2D eigenvalue weighted by Crippen LogP contribution is -2.28. The highest BCUT2D eigenvalue weighted by atomic mass is 32.2. The van der Waals surface area contributed by atoms with Crippen LogP contribution in [0.25, 0.3) is 0 Å². The summed E-state index contributed by atoms with van der Waals surface area (Å²) in [5, 5.41) is 2.80. The van der Waals surface area contributed by atoms with Crippen LogP contribution in [0.3, 0.4) is 0 Å². The number of sulfonamides is 1. The first-order chi connectivity index (χ1) is 13.7. The minimum atomic E-state index is -3.73. The number of carbonyl (C=O) groups is 1. The second kappa shape index (κ2) is 9.71. The van der Waals surface area contributed by atoms with Crippen molar-refractivity contribution < 1.29 is 27.1 Å². The molecule has 0 aliphatic carbocycles. The maximum atomic E-state index is 13.0. The van der Waals surface area contributed by atoms with Gasteiger partial charge in [0.2, 0.25) is 15.9 Å². The number of nitrogens with one attached hydrogen (secondary N) is 1.